The Morgan fingerprint density at radius 3 is 2.89 bits per heavy atom. The van der Waals surface area contributed by atoms with Crippen LogP contribution in [0.5, 0.6) is 0 Å². The molecule has 1 aromatic heterocycles. The fourth-order valence-corrected chi connectivity index (χ4v) is 2.03. The average molecular weight is 267 g/mol. The van der Waals surface area contributed by atoms with Gasteiger partial charge in [0.05, 0.1) is 25.7 Å². The van der Waals surface area contributed by atoms with Crippen LogP contribution < -0.4 is 10.6 Å². The maximum atomic E-state index is 11.6. The predicted molar refractivity (Wildman–Crippen MR) is 70.8 cm³/mol. The third kappa shape index (κ3) is 4.57. The van der Waals surface area contributed by atoms with Crippen LogP contribution in [0.3, 0.4) is 0 Å². The number of ether oxygens (including phenoxy) is 1. The van der Waals surface area contributed by atoms with Crippen LogP contribution in [-0.4, -0.2) is 49.8 Å². The average Bonchev–Trinajstić information content (AvgIpc) is 2.96. The van der Waals surface area contributed by atoms with Crippen molar-refractivity contribution < 1.29 is 13.9 Å². The third-order valence-corrected chi connectivity index (χ3v) is 3.26. The van der Waals surface area contributed by atoms with Crippen molar-refractivity contribution in [3.8, 4) is 0 Å². The first-order valence-electron chi connectivity index (χ1n) is 6.60. The first kappa shape index (κ1) is 13.9. The molecule has 0 radical (unpaired) electrons. The summed E-state index contributed by atoms with van der Waals surface area (Å²) in [6, 6.07) is 2.00. The van der Waals surface area contributed by atoms with Crippen LogP contribution in [0, 0.1) is 0 Å². The summed E-state index contributed by atoms with van der Waals surface area (Å²) < 4.78 is 10.2. The molecular weight excluding hydrogens is 246 g/mol. The number of hydrogen-bond acceptors (Lipinski definition) is 4. The van der Waals surface area contributed by atoms with Crippen LogP contribution >= 0.6 is 0 Å². The molecule has 1 saturated heterocycles. The zero-order valence-electron chi connectivity index (χ0n) is 11.2. The molecule has 1 aliphatic heterocycles. The van der Waals surface area contributed by atoms with Gasteiger partial charge in [-0.2, -0.15) is 0 Å². The minimum atomic E-state index is -0.152. The minimum Gasteiger partial charge on any atom is -0.472 e. The van der Waals surface area contributed by atoms with E-state index in [9.17, 15) is 4.79 Å². The molecule has 0 saturated carbocycles. The highest BCUT2D eigenvalue weighted by atomic mass is 16.5. The molecule has 0 aliphatic carbocycles. The molecule has 2 amide bonds. The standard InChI is InChI=1S/C13H21N3O3/c1-11(16-3-6-18-7-4-16)8-14-13(17)15-9-12-2-5-19-10-12/h2,5,10-11H,3-4,6-9H2,1H3,(H2,14,15,17). The van der Waals surface area contributed by atoms with Crippen molar-refractivity contribution in [2.75, 3.05) is 32.8 Å². The SMILES string of the molecule is CC(CNC(=O)NCc1ccoc1)N1CCOCC1. The summed E-state index contributed by atoms with van der Waals surface area (Å²) in [5.74, 6) is 0. The van der Waals surface area contributed by atoms with Gasteiger partial charge in [-0.1, -0.05) is 0 Å². The highest BCUT2D eigenvalue weighted by molar-refractivity contribution is 5.73. The summed E-state index contributed by atoms with van der Waals surface area (Å²) in [4.78, 5) is 13.9. The molecule has 106 valence electrons. The number of rotatable bonds is 5. The largest absolute Gasteiger partial charge is 0.472 e. The van der Waals surface area contributed by atoms with Crippen molar-refractivity contribution in [3.63, 3.8) is 0 Å². The van der Waals surface area contributed by atoms with Gasteiger partial charge in [0.2, 0.25) is 0 Å². The van der Waals surface area contributed by atoms with E-state index in [1.165, 1.54) is 0 Å². The molecule has 1 atom stereocenters. The number of hydrogen-bond donors (Lipinski definition) is 2. The van der Waals surface area contributed by atoms with Crippen molar-refractivity contribution in [2.45, 2.75) is 19.5 Å². The zero-order valence-corrected chi connectivity index (χ0v) is 11.2. The van der Waals surface area contributed by atoms with E-state index in [0.717, 1.165) is 31.9 Å². The molecule has 0 spiro atoms. The van der Waals surface area contributed by atoms with E-state index in [0.29, 0.717) is 19.1 Å². The first-order valence-corrected chi connectivity index (χ1v) is 6.60. The number of urea groups is 1. The maximum Gasteiger partial charge on any atom is 0.315 e. The zero-order chi connectivity index (χ0) is 13.5. The Kier molecular flexibility index (Phi) is 5.23. The lowest BCUT2D eigenvalue weighted by Crippen LogP contribution is -2.48. The molecule has 1 aromatic rings. The number of nitrogens with one attached hydrogen (secondary N) is 2. The quantitative estimate of drug-likeness (QED) is 0.828. The number of furan rings is 1. The first-order chi connectivity index (χ1) is 9.25. The van der Waals surface area contributed by atoms with E-state index < -0.39 is 0 Å². The molecule has 6 nitrogen and oxygen atoms in total. The normalized spacial score (nSPS) is 17.9. The number of carbonyl (C=O) groups excluding carboxylic acids is 1. The Hall–Kier alpha value is -1.53. The summed E-state index contributed by atoms with van der Waals surface area (Å²) >= 11 is 0. The van der Waals surface area contributed by atoms with Crippen LogP contribution in [0.4, 0.5) is 4.79 Å². The van der Waals surface area contributed by atoms with Crippen LogP contribution in [0.25, 0.3) is 0 Å². The maximum absolute atomic E-state index is 11.6. The fraction of sp³-hybridized carbons (Fsp3) is 0.615. The van der Waals surface area contributed by atoms with Gasteiger partial charge in [0.15, 0.2) is 0 Å². The molecule has 2 rings (SSSR count). The highest BCUT2D eigenvalue weighted by Gasteiger charge is 2.17. The van der Waals surface area contributed by atoms with Gasteiger partial charge in [-0.3, -0.25) is 4.90 Å². The Morgan fingerprint density at radius 1 is 1.42 bits per heavy atom. The van der Waals surface area contributed by atoms with Crippen molar-refractivity contribution >= 4 is 6.03 Å². The summed E-state index contributed by atoms with van der Waals surface area (Å²) in [6.45, 7) is 6.64. The van der Waals surface area contributed by atoms with Gasteiger partial charge in [0, 0.05) is 37.8 Å². The van der Waals surface area contributed by atoms with Crippen LogP contribution in [-0.2, 0) is 11.3 Å². The lowest BCUT2D eigenvalue weighted by atomic mass is 10.2. The molecule has 1 fully saturated rings. The van der Waals surface area contributed by atoms with Gasteiger partial charge >= 0.3 is 6.03 Å². The van der Waals surface area contributed by atoms with E-state index in [-0.39, 0.29) is 6.03 Å². The van der Waals surface area contributed by atoms with Crippen molar-refractivity contribution in [1.29, 1.82) is 0 Å². The number of carbonyl (C=O) groups is 1. The summed E-state index contributed by atoms with van der Waals surface area (Å²) in [7, 11) is 0. The van der Waals surface area contributed by atoms with Crippen LogP contribution in [0.15, 0.2) is 23.0 Å². The van der Waals surface area contributed by atoms with E-state index in [1.807, 2.05) is 6.07 Å². The molecule has 19 heavy (non-hydrogen) atoms. The smallest absolute Gasteiger partial charge is 0.315 e. The fourth-order valence-electron chi connectivity index (χ4n) is 2.03. The van der Waals surface area contributed by atoms with Gasteiger partial charge in [-0.15, -0.1) is 0 Å². The molecule has 1 unspecified atom stereocenters. The second-order valence-corrected chi connectivity index (χ2v) is 4.69. The molecule has 2 heterocycles. The Balaban J connectivity index is 1.62. The van der Waals surface area contributed by atoms with Crippen molar-refractivity contribution in [3.05, 3.63) is 24.2 Å². The van der Waals surface area contributed by atoms with Gasteiger partial charge in [-0.05, 0) is 13.0 Å². The molecular formula is C13H21N3O3. The lowest BCUT2D eigenvalue weighted by Gasteiger charge is -2.32. The van der Waals surface area contributed by atoms with E-state index in [4.69, 9.17) is 9.15 Å². The van der Waals surface area contributed by atoms with Crippen LogP contribution in [0.2, 0.25) is 0 Å². The predicted octanol–water partition coefficient (Wildman–Crippen LogP) is 0.799. The molecule has 0 bridgehead atoms. The van der Waals surface area contributed by atoms with Crippen molar-refractivity contribution in [2.24, 2.45) is 0 Å². The molecule has 1 aliphatic rings. The Bertz CT molecular complexity index is 374. The summed E-state index contributed by atoms with van der Waals surface area (Å²) in [6.07, 6.45) is 3.21. The monoisotopic (exact) mass is 267 g/mol. The second kappa shape index (κ2) is 7.16. The van der Waals surface area contributed by atoms with E-state index >= 15 is 0 Å². The topological polar surface area (TPSA) is 66.7 Å². The van der Waals surface area contributed by atoms with Gasteiger partial charge in [0.25, 0.3) is 0 Å². The van der Waals surface area contributed by atoms with Gasteiger partial charge in [0.1, 0.15) is 0 Å². The lowest BCUT2D eigenvalue weighted by molar-refractivity contribution is 0.0209. The minimum absolute atomic E-state index is 0.152. The summed E-state index contributed by atoms with van der Waals surface area (Å²) in [5.41, 5.74) is 0.955. The third-order valence-electron chi connectivity index (χ3n) is 3.26. The molecule has 6 heteroatoms. The molecule has 2 N–H and O–H groups in total. The summed E-state index contributed by atoms with van der Waals surface area (Å²) in [5, 5.41) is 5.67. The number of morpholine rings is 1. The van der Waals surface area contributed by atoms with Crippen LogP contribution in [0.1, 0.15) is 12.5 Å². The highest BCUT2D eigenvalue weighted by Crippen LogP contribution is 2.02. The Labute approximate surface area is 113 Å². The van der Waals surface area contributed by atoms with Gasteiger partial charge < -0.3 is 19.8 Å². The molecule has 0 aromatic carbocycles. The Morgan fingerprint density at radius 2 is 2.21 bits per heavy atom. The van der Waals surface area contributed by atoms with Crippen molar-refractivity contribution in [1.82, 2.24) is 15.5 Å². The second-order valence-electron chi connectivity index (χ2n) is 4.69. The van der Waals surface area contributed by atoms with E-state index in [2.05, 4.69) is 22.5 Å². The van der Waals surface area contributed by atoms with Gasteiger partial charge in [-0.25, -0.2) is 4.79 Å². The number of amides is 2. The number of nitrogens with zero attached hydrogens (tertiary/aromatic N) is 1. The van der Waals surface area contributed by atoms with E-state index in [1.54, 1.807) is 12.5 Å².